The Hall–Kier alpha value is -3.48. The zero-order valence-electron chi connectivity index (χ0n) is 16.8. The van der Waals surface area contributed by atoms with Crippen LogP contribution in [0.1, 0.15) is 42.1 Å². The molecule has 2 atom stereocenters. The van der Waals surface area contributed by atoms with Crippen LogP contribution in [0.2, 0.25) is 0 Å². The molecule has 0 bridgehead atoms. The Kier molecular flexibility index (Phi) is 4.38. The van der Waals surface area contributed by atoms with Crippen molar-refractivity contribution in [2.24, 2.45) is 0 Å². The Labute approximate surface area is 174 Å². The van der Waals surface area contributed by atoms with Crippen molar-refractivity contribution in [3.63, 3.8) is 0 Å². The lowest BCUT2D eigenvalue weighted by Crippen LogP contribution is -2.48. The van der Waals surface area contributed by atoms with E-state index in [2.05, 4.69) is 22.4 Å². The molecule has 3 aromatic rings. The molecule has 1 N–H and O–H groups in total. The molecule has 1 spiro atoms. The first kappa shape index (κ1) is 18.5. The molecular weight excluding hydrogens is 378 g/mol. The van der Waals surface area contributed by atoms with Gasteiger partial charge >= 0.3 is 0 Å². The SMILES string of the molecule is CCC[C@@H]1N(C(=O)c2ccccc2-n2cnnc2)CC[C@@]12C(=O)Nc1ccccc12. The second-order valence-electron chi connectivity index (χ2n) is 7.91. The third kappa shape index (κ3) is 2.58. The highest BCUT2D eigenvalue weighted by Crippen LogP contribution is 2.49. The first-order valence-electron chi connectivity index (χ1n) is 10.3. The second kappa shape index (κ2) is 7.09. The topological polar surface area (TPSA) is 80.1 Å². The van der Waals surface area contributed by atoms with E-state index in [-0.39, 0.29) is 17.9 Å². The molecule has 30 heavy (non-hydrogen) atoms. The predicted molar refractivity (Wildman–Crippen MR) is 112 cm³/mol. The van der Waals surface area contributed by atoms with Gasteiger partial charge < -0.3 is 10.2 Å². The Balaban J connectivity index is 1.57. The Bertz CT molecular complexity index is 1110. The first-order chi connectivity index (χ1) is 14.7. The van der Waals surface area contributed by atoms with E-state index in [0.717, 1.165) is 29.8 Å². The summed E-state index contributed by atoms with van der Waals surface area (Å²) in [6.45, 7) is 2.64. The number of para-hydroxylation sites is 2. The minimum atomic E-state index is -0.687. The summed E-state index contributed by atoms with van der Waals surface area (Å²) in [5.74, 6) is -0.0589. The molecule has 2 aliphatic rings. The zero-order valence-corrected chi connectivity index (χ0v) is 16.8. The fourth-order valence-electron chi connectivity index (χ4n) is 5.08. The van der Waals surface area contributed by atoms with Crippen molar-refractivity contribution < 1.29 is 9.59 Å². The maximum absolute atomic E-state index is 13.7. The van der Waals surface area contributed by atoms with Crippen LogP contribution in [0.5, 0.6) is 0 Å². The summed E-state index contributed by atoms with van der Waals surface area (Å²) in [5, 5.41) is 10.8. The van der Waals surface area contributed by atoms with Crippen molar-refractivity contribution in [3.05, 3.63) is 72.3 Å². The van der Waals surface area contributed by atoms with Crippen LogP contribution >= 0.6 is 0 Å². The van der Waals surface area contributed by atoms with Gasteiger partial charge in [-0.15, -0.1) is 10.2 Å². The van der Waals surface area contributed by atoms with Gasteiger partial charge in [0.1, 0.15) is 12.7 Å². The van der Waals surface area contributed by atoms with E-state index < -0.39 is 5.41 Å². The van der Waals surface area contributed by atoms with Gasteiger partial charge in [-0.3, -0.25) is 14.2 Å². The van der Waals surface area contributed by atoms with Gasteiger partial charge in [0.25, 0.3) is 5.91 Å². The number of likely N-dealkylation sites (tertiary alicyclic amines) is 1. The number of carbonyl (C=O) groups is 2. The number of amides is 2. The van der Waals surface area contributed by atoms with Crippen LogP contribution in [0.3, 0.4) is 0 Å². The number of aromatic nitrogens is 3. The summed E-state index contributed by atoms with van der Waals surface area (Å²) >= 11 is 0. The first-order valence-corrected chi connectivity index (χ1v) is 10.3. The zero-order chi connectivity index (χ0) is 20.7. The van der Waals surface area contributed by atoms with Gasteiger partial charge in [0.15, 0.2) is 0 Å². The number of hydrogen-bond donors (Lipinski definition) is 1. The number of carbonyl (C=O) groups excluding carboxylic acids is 2. The van der Waals surface area contributed by atoms with Gasteiger partial charge in [-0.1, -0.05) is 43.7 Å². The monoisotopic (exact) mass is 401 g/mol. The average Bonchev–Trinajstić information content (AvgIpc) is 3.49. The average molecular weight is 401 g/mol. The number of benzene rings is 2. The summed E-state index contributed by atoms with van der Waals surface area (Å²) in [7, 11) is 0. The highest BCUT2D eigenvalue weighted by molar-refractivity contribution is 6.08. The van der Waals surface area contributed by atoms with E-state index in [9.17, 15) is 9.59 Å². The van der Waals surface area contributed by atoms with Crippen LogP contribution < -0.4 is 5.32 Å². The van der Waals surface area contributed by atoms with E-state index in [4.69, 9.17) is 0 Å². The van der Waals surface area contributed by atoms with E-state index in [1.807, 2.05) is 53.4 Å². The maximum Gasteiger partial charge on any atom is 0.256 e. The van der Waals surface area contributed by atoms with Crippen molar-refractivity contribution in [2.45, 2.75) is 37.6 Å². The van der Waals surface area contributed by atoms with Crippen LogP contribution in [0, 0.1) is 0 Å². The molecule has 0 unspecified atom stereocenters. The number of nitrogens with one attached hydrogen (secondary N) is 1. The fourth-order valence-corrected chi connectivity index (χ4v) is 5.08. The lowest BCUT2D eigenvalue weighted by atomic mass is 9.73. The summed E-state index contributed by atoms with van der Waals surface area (Å²) in [5.41, 5.74) is 2.51. The van der Waals surface area contributed by atoms with Gasteiger partial charge in [-0.05, 0) is 36.6 Å². The normalized spacial score (nSPS) is 22.4. The second-order valence-corrected chi connectivity index (χ2v) is 7.91. The van der Waals surface area contributed by atoms with E-state index in [1.165, 1.54) is 0 Å². The highest BCUT2D eigenvalue weighted by atomic mass is 16.2. The lowest BCUT2D eigenvalue weighted by molar-refractivity contribution is -0.121. The fraction of sp³-hybridized carbons (Fsp3) is 0.304. The Morgan fingerprint density at radius 2 is 1.87 bits per heavy atom. The minimum Gasteiger partial charge on any atom is -0.334 e. The van der Waals surface area contributed by atoms with E-state index >= 15 is 0 Å². The molecule has 1 saturated heterocycles. The van der Waals surface area contributed by atoms with Crippen molar-refractivity contribution in [2.75, 3.05) is 11.9 Å². The number of hydrogen-bond acceptors (Lipinski definition) is 4. The van der Waals surface area contributed by atoms with Gasteiger partial charge in [-0.2, -0.15) is 0 Å². The van der Waals surface area contributed by atoms with E-state index in [1.54, 1.807) is 17.2 Å². The van der Waals surface area contributed by atoms with Crippen molar-refractivity contribution >= 4 is 17.5 Å². The van der Waals surface area contributed by atoms with Crippen LogP contribution in [-0.4, -0.2) is 44.1 Å². The summed E-state index contributed by atoms with van der Waals surface area (Å²) in [4.78, 5) is 28.9. The summed E-state index contributed by atoms with van der Waals surface area (Å²) in [6, 6.07) is 15.1. The number of fused-ring (bicyclic) bond motifs is 2. The van der Waals surface area contributed by atoms with Crippen LogP contribution in [0.15, 0.2) is 61.2 Å². The minimum absolute atomic E-state index is 0.00421. The van der Waals surface area contributed by atoms with Crippen LogP contribution in [0.25, 0.3) is 5.69 Å². The molecule has 2 aromatic carbocycles. The third-order valence-corrected chi connectivity index (χ3v) is 6.41. The lowest BCUT2D eigenvalue weighted by Gasteiger charge is -2.34. The van der Waals surface area contributed by atoms with Crippen molar-refractivity contribution in [1.82, 2.24) is 19.7 Å². The van der Waals surface area contributed by atoms with Gasteiger partial charge in [0.05, 0.1) is 22.7 Å². The number of rotatable bonds is 4. The standard InChI is InChI=1S/C23H23N5O2/c1-2-7-20-23(17-9-4-5-10-18(17)26-22(23)30)12-13-28(20)21(29)16-8-3-6-11-19(16)27-14-24-25-15-27/h3-6,8-11,14-15,20H,2,7,12-13H2,1H3,(H,26,30)/t20-,23-/m0/s1. The van der Waals surface area contributed by atoms with Crippen LogP contribution in [0.4, 0.5) is 5.69 Å². The molecule has 5 rings (SSSR count). The van der Waals surface area contributed by atoms with Gasteiger partial charge in [0, 0.05) is 12.2 Å². The van der Waals surface area contributed by atoms with Gasteiger partial charge in [-0.25, -0.2) is 0 Å². The molecule has 0 radical (unpaired) electrons. The molecule has 3 heterocycles. The highest BCUT2D eigenvalue weighted by Gasteiger charge is 2.58. The van der Waals surface area contributed by atoms with Crippen molar-refractivity contribution in [3.8, 4) is 5.69 Å². The molecular formula is C23H23N5O2. The Morgan fingerprint density at radius 3 is 2.67 bits per heavy atom. The molecule has 1 fully saturated rings. The molecule has 0 aliphatic carbocycles. The quantitative estimate of drug-likeness (QED) is 0.728. The molecule has 7 nitrogen and oxygen atoms in total. The molecule has 2 amide bonds. The summed E-state index contributed by atoms with van der Waals surface area (Å²) in [6.07, 6.45) is 5.45. The smallest absolute Gasteiger partial charge is 0.256 e. The van der Waals surface area contributed by atoms with E-state index in [0.29, 0.717) is 18.5 Å². The van der Waals surface area contributed by atoms with Crippen molar-refractivity contribution in [1.29, 1.82) is 0 Å². The largest absolute Gasteiger partial charge is 0.334 e. The maximum atomic E-state index is 13.7. The predicted octanol–water partition coefficient (Wildman–Crippen LogP) is 3.17. The molecule has 152 valence electrons. The summed E-state index contributed by atoms with van der Waals surface area (Å²) < 4.78 is 1.74. The third-order valence-electron chi connectivity index (χ3n) is 6.41. The molecule has 0 saturated carbocycles. The molecule has 2 aliphatic heterocycles. The number of nitrogens with zero attached hydrogens (tertiary/aromatic N) is 4. The molecule has 7 heteroatoms. The number of anilines is 1. The van der Waals surface area contributed by atoms with Gasteiger partial charge in [0.2, 0.25) is 5.91 Å². The molecule has 1 aromatic heterocycles. The Morgan fingerprint density at radius 1 is 1.13 bits per heavy atom. The van der Waals surface area contributed by atoms with Crippen LogP contribution in [-0.2, 0) is 10.2 Å².